The molecule has 2 aromatic heterocycles. The standard InChI is InChI=1S/C16H11N7O2S2/c1-8-5-6-9(10-3-2-4-11-14(10)19-12(7-17)26-11)13(15(8)27(18,24)25)16-20-22-23-21-16/h2-6H,1H3,(H2,18,24,25)(H,20,21,22,23). The molecule has 0 aliphatic rings. The largest absolute Gasteiger partial charge is 0.239 e. The highest BCUT2D eigenvalue weighted by Gasteiger charge is 2.25. The van der Waals surface area contributed by atoms with Crippen LogP contribution in [0.1, 0.15) is 10.6 Å². The molecule has 4 aromatic rings. The summed E-state index contributed by atoms with van der Waals surface area (Å²) in [5, 5.41) is 28.6. The second-order valence-corrected chi connectivity index (χ2v) is 8.24. The van der Waals surface area contributed by atoms with Crippen LogP contribution in [0.25, 0.3) is 32.7 Å². The maximum Gasteiger partial charge on any atom is 0.239 e. The maximum atomic E-state index is 12.3. The zero-order valence-corrected chi connectivity index (χ0v) is 15.5. The summed E-state index contributed by atoms with van der Waals surface area (Å²) >= 11 is 1.26. The molecule has 0 bridgehead atoms. The minimum atomic E-state index is -4.06. The average Bonchev–Trinajstić information content (AvgIpc) is 3.29. The number of fused-ring (bicyclic) bond motifs is 1. The molecule has 4 rings (SSSR count). The number of sulfonamides is 1. The Morgan fingerprint density at radius 3 is 2.70 bits per heavy atom. The maximum absolute atomic E-state index is 12.3. The van der Waals surface area contributed by atoms with E-state index in [4.69, 9.17) is 10.4 Å². The van der Waals surface area contributed by atoms with Gasteiger partial charge in [-0.3, -0.25) is 0 Å². The summed E-state index contributed by atoms with van der Waals surface area (Å²) in [5.74, 6) is 0.172. The number of hydrogen-bond acceptors (Lipinski definition) is 8. The molecule has 0 radical (unpaired) electrons. The molecule has 2 heterocycles. The third-order valence-electron chi connectivity index (χ3n) is 4.03. The molecule has 0 saturated heterocycles. The van der Waals surface area contributed by atoms with Gasteiger partial charge in [-0.15, -0.1) is 16.4 Å². The fourth-order valence-corrected chi connectivity index (χ4v) is 4.79. The molecule has 0 saturated carbocycles. The number of thiazole rings is 1. The van der Waals surface area contributed by atoms with Gasteiger partial charge in [0, 0.05) is 11.1 Å². The predicted octanol–water partition coefficient (Wildman–Crippen LogP) is 1.97. The number of aryl methyl sites for hydroxylation is 1. The van der Waals surface area contributed by atoms with E-state index < -0.39 is 10.0 Å². The Labute approximate surface area is 157 Å². The van der Waals surface area contributed by atoms with Crippen molar-refractivity contribution in [3.05, 3.63) is 40.9 Å². The van der Waals surface area contributed by atoms with Crippen molar-refractivity contribution >= 4 is 31.6 Å². The van der Waals surface area contributed by atoms with Crippen molar-refractivity contribution in [3.63, 3.8) is 0 Å². The van der Waals surface area contributed by atoms with Crippen molar-refractivity contribution in [3.8, 4) is 28.6 Å². The third kappa shape index (κ3) is 2.85. The summed E-state index contributed by atoms with van der Waals surface area (Å²) in [5.41, 5.74) is 2.53. The van der Waals surface area contributed by atoms with E-state index in [0.29, 0.717) is 27.2 Å². The Morgan fingerprint density at radius 1 is 1.22 bits per heavy atom. The smallest absolute Gasteiger partial charge is 0.239 e. The average molecular weight is 397 g/mol. The molecule has 134 valence electrons. The van der Waals surface area contributed by atoms with E-state index >= 15 is 0 Å². The Balaban J connectivity index is 2.15. The first kappa shape index (κ1) is 17.2. The fourth-order valence-electron chi connectivity index (χ4n) is 2.99. The van der Waals surface area contributed by atoms with Crippen molar-refractivity contribution in [1.29, 1.82) is 5.26 Å². The lowest BCUT2D eigenvalue weighted by Crippen LogP contribution is -2.16. The van der Waals surface area contributed by atoms with Crippen LogP contribution in [0.15, 0.2) is 35.2 Å². The van der Waals surface area contributed by atoms with Gasteiger partial charge >= 0.3 is 0 Å². The summed E-state index contributed by atoms with van der Waals surface area (Å²) in [6.07, 6.45) is 0. The van der Waals surface area contributed by atoms with E-state index in [2.05, 4.69) is 25.6 Å². The number of hydrogen-bond donors (Lipinski definition) is 2. The van der Waals surface area contributed by atoms with Crippen molar-refractivity contribution in [1.82, 2.24) is 25.6 Å². The first-order chi connectivity index (χ1) is 12.9. The van der Waals surface area contributed by atoms with E-state index in [1.54, 1.807) is 25.1 Å². The molecule has 9 nitrogen and oxygen atoms in total. The molecule has 3 N–H and O–H groups in total. The lowest BCUT2D eigenvalue weighted by Gasteiger charge is -2.14. The van der Waals surface area contributed by atoms with Gasteiger partial charge in [-0.2, -0.15) is 5.26 Å². The Morgan fingerprint density at radius 2 is 2.04 bits per heavy atom. The number of primary sulfonamides is 1. The molecule has 0 aliphatic carbocycles. The van der Waals surface area contributed by atoms with Crippen LogP contribution in [0.2, 0.25) is 0 Å². The lowest BCUT2D eigenvalue weighted by molar-refractivity contribution is 0.597. The van der Waals surface area contributed by atoms with Crippen molar-refractivity contribution < 1.29 is 8.42 Å². The molecule has 0 atom stereocenters. The van der Waals surface area contributed by atoms with Gasteiger partial charge in [-0.05, 0) is 34.5 Å². The van der Waals surface area contributed by atoms with Crippen molar-refractivity contribution in [2.75, 3.05) is 0 Å². The SMILES string of the molecule is Cc1ccc(-c2cccc3sc(C#N)nc23)c(-c2nnn[nH]2)c1S(N)(=O)=O. The number of tetrazole rings is 1. The number of nitrogens with zero attached hydrogens (tertiary/aromatic N) is 5. The van der Waals surface area contributed by atoms with Crippen molar-refractivity contribution in [2.24, 2.45) is 5.14 Å². The fraction of sp³-hybridized carbons (Fsp3) is 0.0625. The van der Waals surface area contributed by atoms with Crippen LogP contribution in [0, 0.1) is 18.3 Å². The van der Waals surface area contributed by atoms with E-state index in [-0.39, 0.29) is 16.3 Å². The first-order valence-corrected chi connectivity index (χ1v) is 9.97. The number of benzene rings is 2. The summed E-state index contributed by atoms with van der Waals surface area (Å²) in [6.45, 7) is 1.65. The van der Waals surface area contributed by atoms with E-state index in [1.807, 2.05) is 18.2 Å². The van der Waals surface area contributed by atoms with Crippen LogP contribution in [0.4, 0.5) is 0 Å². The molecular formula is C16H11N7O2S2. The topological polar surface area (TPSA) is 151 Å². The Hall–Kier alpha value is -3.20. The number of aromatic nitrogens is 5. The van der Waals surface area contributed by atoms with Gasteiger partial charge in [-0.25, -0.2) is 23.6 Å². The number of nitrogens with two attached hydrogens (primary N) is 1. The summed E-state index contributed by atoms with van der Waals surface area (Å²) in [4.78, 5) is 4.30. The normalized spacial score (nSPS) is 11.6. The lowest BCUT2D eigenvalue weighted by atomic mass is 9.96. The molecule has 0 amide bonds. The monoisotopic (exact) mass is 397 g/mol. The van der Waals surface area contributed by atoms with Gasteiger partial charge in [0.2, 0.25) is 10.0 Å². The summed E-state index contributed by atoms with van der Waals surface area (Å²) < 4.78 is 25.4. The van der Waals surface area contributed by atoms with Crippen LogP contribution in [-0.2, 0) is 10.0 Å². The molecule has 0 fully saturated rings. The van der Waals surface area contributed by atoms with Crippen LogP contribution in [0.3, 0.4) is 0 Å². The number of nitriles is 1. The molecule has 27 heavy (non-hydrogen) atoms. The van der Waals surface area contributed by atoms with Crippen molar-refractivity contribution in [2.45, 2.75) is 11.8 Å². The molecule has 0 aliphatic heterocycles. The highest BCUT2D eigenvalue weighted by Crippen LogP contribution is 2.40. The van der Waals surface area contributed by atoms with Gasteiger partial charge < -0.3 is 0 Å². The van der Waals surface area contributed by atoms with Gasteiger partial charge in [0.25, 0.3) is 0 Å². The molecule has 0 spiro atoms. The van der Waals surface area contributed by atoms with Gasteiger partial charge in [0.05, 0.1) is 15.1 Å². The minimum Gasteiger partial charge on any atom is -0.239 e. The minimum absolute atomic E-state index is 0.0636. The Bertz CT molecular complexity index is 1320. The molecule has 0 unspecified atom stereocenters. The first-order valence-electron chi connectivity index (χ1n) is 7.60. The molecule has 11 heteroatoms. The van der Waals surface area contributed by atoms with Crippen LogP contribution in [0.5, 0.6) is 0 Å². The van der Waals surface area contributed by atoms with Gasteiger partial charge in [0.15, 0.2) is 10.8 Å². The number of para-hydroxylation sites is 1. The van der Waals surface area contributed by atoms with E-state index in [1.165, 1.54) is 11.3 Å². The Kier molecular flexibility index (Phi) is 3.96. The highest BCUT2D eigenvalue weighted by atomic mass is 32.2. The second kappa shape index (κ2) is 6.20. The highest BCUT2D eigenvalue weighted by molar-refractivity contribution is 7.89. The predicted molar refractivity (Wildman–Crippen MR) is 99.1 cm³/mol. The summed E-state index contributed by atoms with van der Waals surface area (Å²) in [6, 6.07) is 10.9. The molecule has 2 aromatic carbocycles. The number of aromatic amines is 1. The number of rotatable bonds is 3. The number of nitrogens with one attached hydrogen (secondary N) is 1. The second-order valence-electron chi connectivity index (χ2n) is 5.71. The van der Waals surface area contributed by atoms with Crippen LogP contribution >= 0.6 is 11.3 Å². The van der Waals surface area contributed by atoms with Gasteiger partial charge in [-0.1, -0.05) is 24.3 Å². The van der Waals surface area contributed by atoms with Crippen LogP contribution in [-0.4, -0.2) is 34.0 Å². The zero-order chi connectivity index (χ0) is 19.2. The summed E-state index contributed by atoms with van der Waals surface area (Å²) in [7, 11) is -4.06. The van der Waals surface area contributed by atoms with Crippen LogP contribution < -0.4 is 5.14 Å². The molecular weight excluding hydrogens is 386 g/mol. The number of H-pyrrole nitrogens is 1. The quantitative estimate of drug-likeness (QED) is 0.536. The van der Waals surface area contributed by atoms with Gasteiger partial charge in [0.1, 0.15) is 6.07 Å². The third-order valence-corrected chi connectivity index (χ3v) is 6.05. The van der Waals surface area contributed by atoms with E-state index in [9.17, 15) is 8.42 Å². The zero-order valence-electron chi connectivity index (χ0n) is 13.8. The van der Waals surface area contributed by atoms with E-state index in [0.717, 1.165) is 4.70 Å².